The highest BCUT2D eigenvalue weighted by Gasteiger charge is 2.39. The van der Waals surface area contributed by atoms with Crippen LogP contribution in [0.15, 0.2) is 18.2 Å². The van der Waals surface area contributed by atoms with Gasteiger partial charge >= 0.3 is 0 Å². The largest absolute Gasteiger partial charge is 0.326 e. The van der Waals surface area contributed by atoms with Crippen molar-refractivity contribution in [3.05, 3.63) is 46.8 Å². The van der Waals surface area contributed by atoms with E-state index >= 15 is 0 Å². The topological polar surface area (TPSA) is 114 Å². The zero-order chi connectivity index (χ0) is 24.5. The summed E-state index contributed by atoms with van der Waals surface area (Å²) in [7, 11) is 0. The van der Waals surface area contributed by atoms with Gasteiger partial charge in [0.2, 0.25) is 5.91 Å². The highest BCUT2D eigenvalue weighted by atomic mass is 16.1. The molecule has 2 aliphatic carbocycles. The Morgan fingerprint density at radius 2 is 1.97 bits per heavy atom. The minimum Gasteiger partial charge on any atom is -0.326 e. The van der Waals surface area contributed by atoms with Crippen molar-refractivity contribution in [2.24, 2.45) is 11.8 Å². The first-order valence-corrected chi connectivity index (χ1v) is 12.9. The van der Waals surface area contributed by atoms with Crippen LogP contribution >= 0.6 is 0 Å². The summed E-state index contributed by atoms with van der Waals surface area (Å²) in [6, 6.07) is 6.50. The van der Waals surface area contributed by atoms with Gasteiger partial charge in [0.05, 0.1) is 0 Å². The van der Waals surface area contributed by atoms with Crippen molar-refractivity contribution in [2.75, 3.05) is 5.32 Å². The van der Waals surface area contributed by atoms with Crippen LogP contribution in [-0.2, 0) is 11.2 Å². The monoisotopic (exact) mass is 476 g/mol. The Kier molecular flexibility index (Phi) is 6.67. The van der Waals surface area contributed by atoms with Gasteiger partial charge in [-0.25, -0.2) is 5.10 Å². The van der Waals surface area contributed by atoms with Gasteiger partial charge in [0.1, 0.15) is 17.5 Å². The predicted molar refractivity (Wildman–Crippen MR) is 133 cm³/mol. The zero-order valence-electron chi connectivity index (χ0n) is 21.2. The number of carbonyl (C=O) groups is 1. The predicted octanol–water partition coefficient (Wildman–Crippen LogP) is 4.64. The molecule has 0 spiro atoms. The second-order valence-electron chi connectivity index (χ2n) is 11.0. The van der Waals surface area contributed by atoms with E-state index in [9.17, 15) is 4.79 Å². The molecule has 1 unspecified atom stereocenters. The number of hydrogen-bond acceptors (Lipinski definition) is 6. The minimum absolute atomic E-state index is 0.0398. The number of hydrogen-bond donors (Lipinski definition) is 2. The number of amides is 1. The van der Waals surface area contributed by atoms with Gasteiger partial charge < -0.3 is 9.88 Å². The lowest BCUT2D eigenvalue weighted by Gasteiger charge is -2.36. The number of aryl methyl sites for hydroxylation is 2. The first-order chi connectivity index (χ1) is 16.9. The summed E-state index contributed by atoms with van der Waals surface area (Å²) >= 11 is 0. The third-order valence-electron chi connectivity index (χ3n) is 7.35. The van der Waals surface area contributed by atoms with E-state index in [4.69, 9.17) is 5.10 Å². The van der Waals surface area contributed by atoms with E-state index in [0.29, 0.717) is 30.6 Å². The Labute approximate surface area is 206 Å². The molecule has 2 aliphatic rings. The zero-order valence-corrected chi connectivity index (χ0v) is 21.2. The molecule has 1 amide bonds. The third kappa shape index (κ3) is 5.44. The highest BCUT2D eigenvalue weighted by molar-refractivity contribution is 5.92. The van der Waals surface area contributed by atoms with E-state index in [-0.39, 0.29) is 11.8 Å². The number of rotatable bonds is 10. The van der Waals surface area contributed by atoms with Crippen molar-refractivity contribution in [1.29, 1.82) is 0 Å². The SMILES string of the molecule is Cc1ccc(NC(=O)CC(Cc2nnn[nH]2)c2nnc([C@H]3C[C@@H](CC(C)C)C3)n2C2CC2)c(C)c1. The number of aromatic amines is 1. The van der Waals surface area contributed by atoms with Gasteiger partial charge in [0.25, 0.3) is 0 Å². The molecule has 9 heteroatoms. The van der Waals surface area contributed by atoms with Crippen LogP contribution in [0, 0.1) is 25.7 Å². The summed E-state index contributed by atoms with van der Waals surface area (Å²) in [6.45, 7) is 8.66. The quantitative estimate of drug-likeness (QED) is 0.441. The number of tetrazole rings is 1. The van der Waals surface area contributed by atoms with Crippen molar-refractivity contribution in [3.63, 3.8) is 0 Å². The van der Waals surface area contributed by atoms with Crippen LogP contribution < -0.4 is 5.32 Å². The second-order valence-corrected chi connectivity index (χ2v) is 11.0. The van der Waals surface area contributed by atoms with Gasteiger partial charge in [-0.2, -0.15) is 0 Å². The summed E-state index contributed by atoms with van der Waals surface area (Å²) < 4.78 is 2.36. The first kappa shape index (κ1) is 23.6. The maximum atomic E-state index is 13.2. The standard InChI is InChI=1S/C26H36N8O/c1-15(2)9-18-11-19(12-18)25-30-31-26(34(25)21-6-7-21)20(13-23-28-32-33-29-23)14-24(35)27-22-8-5-16(3)10-17(22)4/h5,8,10,15,18-21H,6-7,9,11-14H2,1-4H3,(H,27,35)(H,28,29,32,33)/t18-,19+,20?. The van der Waals surface area contributed by atoms with E-state index in [1.54, 1.807) is 0 Å². The van der Waals surface area contributed by atoms with E-state index in [0.717, 1.165) is 47.6 Å². The molecule has 2 saturated carbocycles. The molecule has 2 N–H and O–H groups in total. The molecular formula is C26H36N8O. The Morgan fingerprint density at radius 1 is 1.17 bits per heavy atom. The van der Waals surface area contributed by atoms with Gasteiger partial charge in [-0.3, -0.25) is 4.79 Å². The van der Waals surface area contributed by atoms with Crippen molar-refractivity contribution in [1.82, 2.24) is 35.4 Å². The normalized spacial score (nSPS) is 20.6. The first-order valence-electron chi connectivity index (χ1n) is 12.9. The van der Waals surface area contributed by atoms with Crippen LogP contribution in [0.25, 0.3) is 0 Å². The van der Waals surface area contributed by atoms with Crippen LogP contribution in [0.3, 0.4) is 0 Å². The number of nitrogens with one attached hydrogen (secondary N) is 2. The molecule has 2 fully saturated rings. The number of H-pyrrole nitrogens is 1. The molecule has 186 valence electrons. The third-order valence-corrected chi connectivity index (χ3v) is 7.35. The Bertz CT molecular complexity index is 1160. The molecule has 0 bridgehead atoms. The summed E-state index contributed by atoms with van der Waals surface area (Å²) in [6.07, 6.45) is 6.75. The van der Waals surface area contributed by atoms with Crippen LogP contribution in [0.4, 0.5) is 5.69 Å². The van der Waals surface area contributed by atoms with Gasteiger partial charge in [-0.15, -0.1) is 15.3 Å². The van der Waals surface area contributed by atoms with Gasteiger partial charge in [-0.05, 0) is 79.8 Å². The molecule has 3 aromatic rings. The molecular weight excluding hydrogens is 440 g/mol. The van der Waals surface area contributed by atoms with Crippen LogP contribution in [0.2, 0.25) is 0 Å². The maximum Gasteiger partial charge on any atom is 0.225 e. The molecule has 9 nitrogen and oxygen atoms in total. The lowest BCUT2D eigenvalue weighted by Crippen LogP contribution is -2.27. The lowest BCUT2D eigenvalue weighted by atomic mass is 9.71. The van der Waals surface area contributed by atoms with Crippen molar-refractivity contribution in [3.8, 4) is 0 Å². The summed E-state index contributed by atoms with van der Waals surface area (Å²) in [5.74, 6) is 4.44. The fourth-order valence-electron chi connectivity index (χ4n) is 5.52. The van der Waals surface area contributed by atoms with Crippen LogP contribution in [0.1, 0.15) is 98.9 Å². The summed E-state index contributed by atoms with van der Waals surface area (Å²) in [4.78, 5) is 13.2. The van der Waals surface area contributed by atoms with Gasteiger partial charge in [0.15, 0.2) is 0 Å². The molecule has 0 radical (unpaired) electrons. The van der Waals surface area contributed by atoms with E-state index < -0.39 is 0 Å². The smallest absolute Gasteiger partial charge is 0.225 e. The van der Waals surface area contributed by atoms with E-state index in [2.05, 4.69) is 62.4 Å². The Hall–Kier alpha value is -3.10. The molecule has 2 heterocycles. The van der Waals surface area contributed by atoms with Gasteiger partial charge in [0, 0.05) is 36.4 Å². The summed E-state index contributed by atoms with van der Waals surface area (Å²) in [5.41, 5.74) is 3.07. The fourth-order valence-corrected chi connectivity index (χ4v) is 5.52. The van der Waals surface area contributed by atoms with Crippen molar-refractivity contribution >= 4 is 11.6 Å². The minimum atomic E-state index is -0.163. The van der Waals surface area contributed by atoms with Crippen LogP contribution in [-0.4, -0.2) is 41.3 Å². The Balaban J connectivity index is 1.37. The fraction of sp³-hybridized carbons (Fsp3) is 0.615. The van der Waals surface area contributed by atoms with Gasteiger partial charge in [-0.1, -0.05) is 31.5 Å². The number of nitrogens with zero attached hydrogens (tertiary/aromatic N) is 6. The Morgan fingerprint density at radius 3 is 2.63 bits per heavy atom. The molecule has 1 atom stereocenters. The molecule has 0 aliphatic heterocycles. The number of anilines is 1. The van der Waals surface area contributed by atoms with Crippen molar-refractivity contribution < 1.29 is 4.79 Å². The second kappa shape index (κ2) is 9.87. The number of benzene rings is 1. The number of aromatic nitrogens is 7. The highest BCUT2D eigenvalue weighted by Crippen LogP contribution is 2.48. The molecule has 1 aromatic carbocycles. The average Bonchev–Trinajstić information content (AvgIpc) is 3.30. The summed E-state index contributed by atoms with van der Waals surface area (Å²) in [5, 5.41) is 26.9. The molecule has 0 saturated heterocycles. The lowest BCUT2D eigenvalue weighted by molar-refractivity contribution is -0.116. The van der Waals surface area contributed by atoms with E-state index in [1.807, 2.05) is 19.1 Å². The van der Waals surface area contributed by atoms with Crippen molar-refractivity contribution in [2.45, 2.75) is 90.5 Å². The van der Waals surface area contributed by atoms with E-state index in [1.165, 1.54) is 24.8 Å². The van der Waals surface area contributed by atoms with Crippen LogP contribution in [0.5, 0.6) is 0 Å². The number of carbonyl (C=O) groups excluding carboxylic acids is 1. The maximum absolute atomic E-state index is 13.2. The molecule has 2 aromatic heterocycles. The molecule has 35 heavy (non-hydrogen) atoms. The average molecular weight is 477 g/mol. The molecule has 5 rings (SSSR count).